The Morgan fingerprint density at radius 2 is 2.60 bits per heavy atom. The highest BCUT2D eigenvalue weighted by atomic mass is 32.1. The van der Waals surface area contributed by atoms with Gasteiger partial charge in [0.05, 0.1) is 17.3 Å². The minimum Gasteiger partial charge on any atom is -0.381 e. The molecule has 1 aromatic heterocycles. The minimum atomic E-state index is 0.113. The van der Waals surface area contributed by atoms with E-state index in [1.165, 1.54) is 5.01 Å². The molecule has 0 aliphatic carbocycles. The van der Waals surface area contributed by atoms with Gasteiger partial charge in [-0.05, 0) is 12.8 Å². The fourth-order valence-electron chi connectivity index (χ4n) is 1.85. The molecule has 2 rings (SSSR count). The smallest absolute Gasteiger partial charge is 0.0983 e. The quantitative estimate of drug-likeness (QED) is 0.858. The third kappa shape index (κ3) is 2.56. The lowest BCUT2D eigenvalue weighted by atomic mass is 10.1. The molecule has 0 aromatic carbocycles. The number of aromatic nitrogens is 1. The highest BCUT2D eigenvalue weighted by Gasteiger charge is 2.21. The fourth-order valence-corrected chi connectivity index (χ4v) is 2.85. The van der Waals surface area contributed by atoms with Crippen molar-refractivity contribution in [1.29, 1.82) is 0 Å². The van der Waals surface area contributed by atoms with Crippen LogP contribution in [0.5, 0.6) is 0 Å². The first-order valence-electron chi connectivity index (χ1n) is 5.60. The second kappa shape index (κ2) is 5.05. The van der Waals surface area contributed by atoms with Crippen LogP contribution in [-0.2, 0) is 4.74 Å². The summed E-state index contributed by atoms with van der Waals surface area (Å²) in [5.41, 5.74) is 7.09. The lowest BCUT2D eigenvalue weighted by Crippen LogP contribution is -2.10. The second-order valence-electron chi connectivity index (χ2n) is 4.07. The summed E-state index contributed by atoms with van der Waals surface area (Å²) < 4.78 is 5.36. The Morgan fingerprint density at radius 1 is 1.73 bits per heavy atom. The monoisotopic (exact) mass is 226 g/mol. The normalized spacial score (nSPS) is 23.2. The molecule has 1 fully saturated rings. The van der Waals surface area contributed by atoms with Gasteiger partial charge in [-0.25, -0.2) is 4.98 Å². The summed E-state index contributed by atoms with van der Waals surface area (Å²) in [6.45, 7) is 3.86. The Bertz CT molecular complexity index is 307. The number of hydrogen-bond acceptors (Lipinski definition) is 4. The standard InChI is InChI=1S/C11H18N2OS/c1-2-3-9(12)10-7-15-11(13-10)8-4-5-14-6-8/h7-9H,2-6,12H2,1H3. The Hall–Kier alpha value is -0.450. The molecule has 2 heterocycles. The molecule has 2 unspecified atom stereocenters. The van der Waals surface area contributed by atoms with Crippen LogP contribution >= 0.6 is 11.3 Å². The molecule has 4 heteroatoms. The Labute approximate surface area is 94.7 Å². The van der Waals surface area contributed by atoms with E-state index in [1.807, 2.05) is 0 Å². The molecule has 1 aliphatic rings. The number of ether oxygens (including phenoxy) is 1. The largest absolute Gasteiger partial charge is 0.381 e. The lowest BCUT2D eigenvalue weighted by Gasteiger charge is -2.06. The summed E-state index contributed by atoms with van der Waals surface area (Å²) in [6, 6.07) is 0.113. The summed E-state index contributed by atoms with van der Waals surface area (Å²) in [6.07, 6.45) is 3.24. The predicted octanol–water partition coefficient (Wildman–Crippen LogP) is 2.45. The molecule has 1 aliphatic heterocycles. The van der Waals surface area contributed by atoms with Gasteiger partial charge in [0.2, 0.25) is 0 Å². The summed E-state index contributed by atoms with van der Waals surface area (Å²) in [5, 5.41) is 3.31. The van der Waals surface area contributed by atoms with Crippen LogP contribution in [0.3, 0.4) is 0 Å². The van der Waals surface area contributed by atoms with Crippen molar-refractivity contribution in [2.24, 2.45) is 5.73 Å². The van der Waals surface area contributed by atoms with E-state index in [2.05, 4.69) is 17.3 Å². The van der Waals surface area contributed by atoms with Gasteiger partial charge in [-0.2, -0.15) is 0 Å². The van der Waals surface area contributed by atoms with Gasteiger partial charge in [-0.3, -0.25) is 0 Å². The first-order valence-corrected chi connectivity index (χ1v) is 6.48. The third-order valence-corrected chi connectivity index (χ3v) is 3.82. The van der Waals surface area contributed by atoms with Crippen LogP contribution in [0.4, 0.5) is 0 Å². The first kappa shape index (κ1) is 11.0. The van der Waals surface area contributed by atoms with Crippen molar-refractivity contribution in [1.82, 2.24) is 4.98 Å². The number of thiazole rings is 1. The molecule has 0 saturated carbocycles. The number of rotatable bonds is 4. The van der Waals surface area contributed by atoms with Crippen molar-refractivity contribution in [2.45, 2.75) is 38.1 Å². The van der Waals surface area contributed by atoms with Crippen LogP contribution in [-0.4, -0.2) is 18.2 Å². The van der Waals surface area contributed by atoms with Gasteiger partial charge in [-0.1, -0.05) is 13.3 Å². The van der Waals surface area contributed by atoms with E-state index in [4.69, 9.17) is 10.5 Å². The molecule has 0 spiro atoms. The number of nitrogens with zero attached hydrogens (tertiary/aromatic N) is 1. The van der Waals surface area contributed by atoms with Gasteiger partial charge < -0.3 is 10.5 Å². The number of nitrogens with two attached hydrogens (primary N) is 1. The average Bonchev–Trinajstić information content (AvgIpc) is 2.89. The van der Waals surface area contributed by atoms with E-state index >= 15 is 0 Å². The molecular weight excluding hydrogens is 208 g/mol. The topological polar surface area (TPSA) is 48.1 Å². The van der Waals surface area contributed by atoms with Gasteiger partial charge in [0.15, 0.2) is 0 Å². The van der Waals surface area contributed by atoms with Crippen LogP contribution in [0.1, 0.15) is 48.8 Å². The third-order valence-electron chi connectivity index (χ3n) is 2.80. The number of hydrogen-bond donors (Lipinski definition) is 1. The van der Waals surface area contributed by atoms with E-state index in [1.54, 1.807) is 11.3 Å². The highest BCUT2D eigenvalue weighted by Crippen LogP contribution is 2.29. The average molecular weight is 226 g/mol. The molecule has 1 saturated heterocycles. The second-order valence-corrected chi connectivity index (χ2v) is 4.96. The van der Waals surface area contributed by atoms with Crippen molar-refractivity contribution in [3.8, 4) is 0 Å². The highest BCUT2D eigenvalue weighted by molar-refractivity contribution is 7.09. The van der Waals surface area contributed by atoms with Crippen LogP contribution < -0.4 is 5.73 Å². The maximum atomic E-state index is 6.03. The van der Waals surface area contributed by atoms with E-state index in [0.717, 1.165) is 38.2 Å². The van der Waals surface area contributed by atoms with E-state index in [0.29, 0.717) is 5.92 Å². The summed E-state index contributed by atoms with van der Waals surface area (Å²) in [7, 11) is 0. The first-order chi connectivity index (χ1) is 7.31. The van der Waals surface area contributed by atoms with E-state index in [9.17, 15) is 0 Å². The van der Waals surface area contributed by atoms with Crippen LogP contribution in [0.2, 0.25) is 0 Å². The van der Waals surface area contributed by atoms with E-state index in [-0.39, 0.29) is 6.04 Å². The van der Waals surface area contributed by atoms with Gasteiger partial charge in [0.25, 0.3) is 0 Å². The molecular formula is C11H18N2OS. The fraction of sp³-hybridized carbons (Fsp3) is 0.727. The van der Waals surface area contributed by atoms with Crippen LogP contribution in [0.25, 0.3) is 0 Å². The van der Waals surface area contributed by atoms with Crippen molar-refractivity contribution in [3.63, 3.8) is 0 Å². The maximum Gasteiger partial charge on any atom is 0.0983 e. The molecule has 2 N–H and O–H groups in total. The Morgan fingerprint density at radius 3 is 3.27 bits per heavy atom. The summed E-state index contributed by atoms with van der Waals surface area (Å²) in [5.74, 6) is 0.512. The molecule has 0 amide bonds. The predicted molar refractivity (Wildman–Crippen MR) is 62.1 cm³/mol. The van der Waals surface area contributed by atoms with Crippen molar-refractivity contribution in [3.05, 3.63) is 16.1 Å². The van der Waals surface area contributed by atoms with Gasteiger partial charge in [0, 0.05) is 23.9 Å². The van der Waals surface area contributed by atoms with Gasteiger partial charge in [0.1, 0.15) is 0 Å². The summed E-state index contributed by atoms with van der Waals surface area (Å²) >= 11 is 1.73. The van der Waals surface area contributed by atoms with Crippen molar-refractivity contribution >= 4 is 11.3 Å². The zero-order valence-electron chi connectivity index (χ0n) is 9.11. The minimum absolute atomic E-state index is 0.113. The molecule has 2 atom stereocenters. The van der Waals surface area contributed by atoms with Crippen molar-refractivity contribution < 1.29 is 4.74 Å². The van der Waals surface area contributed by atoms with Crippen LogP contribution in [0, 0.1) is 0 Å². The molecule has 1 aromatic rings. The lowest BCUT2D eigenvalue weighted by molar-refractivity contribution is 0.194. The molecule has 15 heavy (non-hydrogen) atoms. The summed E-state index contributed by atoms with van der Waals surface area (Å²) in [4.78, 5) is 4.62. The maximum absolute atomic E-state index is 6.03. The van der Waals surface area contributed by atoms with E-state index < -0.39 is 0 Å². The Balaban J connectivity index is 2.02. The molecule has 3 nitrogen and oxygen atoms in total. The molecule has 0 radical (unpaired) electrons. The van der Waals surface area contributed by atoms with Crippen molar-refractivity contribution in [2.75, 3.05) is 13.2 Å². The zero-order valence-corrected chi connectivity index (χ0v) is 9.93. The molecule has 84 valence electrons. The molecule has 0 bridgehead atoms. The van der Waals surface area contributed by atoms with Gasteiger partial charge >= 0.3 is 0 Å². The SMILES string of the molecule is CCCC(N)c1csc(C2CCOC2)n1. The Kier molecular flexibility index (Phi) is 3.72. The van der Waals surface area contributed by atoms with Gasteiger partial charge in [-0.15, -0.1) is 11.3 Å². The van der Waals surface area contributed by atoms with Crippen LogP contribution in [0.15, 0.2) is 5.38 Å². The zero-order chi connectivity index (χ0) is 10.7.